The van der Waals surface area contributed by atoms with Crippen LogP contribution in [0.1, 0.15) is 5.56 Å². The Bertz CT molecular complexity index is 1260. The molecule has 130 valence electrons. The normalized spacial score (nSPS) is 11.3. The summed E-state index contributed by atoms with van der Waals surface area (Å²) in [5, 5.41) is 3.25. The smallest absolute Gasteiger partial charge is 0.141 e. The molecule has 0 amide bonds. The highest BCUT2D eigenvalue weighted by molar-refractivity contribution is 6.30. The standard InChI is InChI=1S/C24H17ClN2/c25-20-11-6-9-18(15-20)24-26-22-13-3-4-14-23(22)27(24)16-19-10-5-8-17-7-1-2-12-21(17)19/h1-15H,16H2. The Morgan fingerprint density at radius 2 is 1.56 bits per heavy atom. The number of hydrogen-bond acceptors (Lipinski definition) is 1. The molecule has 4 aromatic carbocycles. The summed E-state index contributed by atoms with van der Waals surface area (Å²) in [6, 6.07) is 31.2. The minimum Gasteiger partial charge on any atom is -0.319 e. The van der Waals surface area contributed by atoms with Gasteiger partial charge in [-0.1, -0.05) is 78.3 Å². The molecule has 0 fully saturated rings. The Balaban J connectivity index is 1.73. The van der Waals surface area contributed by atoms with Crippen LogP contribution in [-0.4, -0.2) is 9.55 Å². The summed E-state index contributed by atoms with van der Waals surface area (Å²) >= 11 is 6.25. The molecule has 3 heteroatoms. The van der Waals surface area contributed by atoms with E-state index in [-0.39, 0.29) is 0 Å². The van der Waals surface area contributed by atoms with E-state index in [4.69, 9.17) is 16.6 Å². The largest absolute Gasteiger partial charge is 0.319 e. The molecule has 2 nitrogen and oxygen atoms in total. The average Bonchev–Trinajstić information content (AvgIpc) is 3.07. The van der Waals surface area contributed by atoms with Gasteiger partial charge >= 0.3 is 0 Å². The fraction of sp³-hybridized carbons (Fsp3) is 0.0417. The summed E-state index contributed by atoms with van der Waals surface area (Å²) < 4.78 is 2.28. The number of nitrogens with zero attached hydrogens (tertiary/aromatic N) is 2. The van der Waals surface area contributed by atoms with Crippen LogP contribution < -0.4 is 0 Å². The fourth-order valence-corrected chi connectivity index (χ4v) is 3.87. The van der Waals surface area contributed by atoms with Gasteiger partial charge in [0.15, 0.2) is 0 Å². The summed E-state index contributed by atoms with van der Waals surface area (Å²) in [7, 11) is 0. The molecule has 0 spiro atoms. The predicted molar refractivity (Wildman–Crippen MR) is 113 cm³/mol. The van der Waals surface area contributed by atoms with Crippen LogP contribution in [0.2, 0.25) is 5.02 Å². The van der Waals surface area contributed by atoms with Crippen LogP contribution in [0.25, 0.3) is 33.2 Å². The lowest BCUT2D eigenvalue weighted by Gasteiger charge is -2.12. The van der Waals surface area contributed by atoms with Crippen LogP contribution in [0, 0.1) is 0 Å². The lowest BCUT2D eigenvalue weighted by Crippen LogP contribution is -2.03. The molecular weight excluding hydrogens is 352 g/mol. The quantitative estimate of drug-likeness (QED) is 0.352. The number of hydrogen-bond donors (Lipinski definition) is 0. The number of imidazole rings is 1. The molecule has 0 atom stereocenters. The Morgan fingerprint density at radius 1 is 0.778 bits per heavy atom. The molecule has 0 aliphatic heterocycles. The van der Waals surface area contributed by atoms with E-state index >= 15 is 0 Å². The minimum atomic E-state index is 0.719. The van der Waals surface area contributed by atoms with Crippen LogP contribution in [0.5, 0.6) is 0 Å². The van der Waals surface area contributed by atoms with E-state index in [1.54, 1.807) is 0 Å². The second-order valence-corrected chi connectivity index (χ2v) is 7.10. The maximum Gasteiger partial charge on any atom is 0.141 e. The van der Waals surface area contributed by atoms with Crippen molar-refractivity contribution in [2.75, 3.05) is 0 Å². The molecule has 1 aromatic heterocycles. The Kier molecular flexibility index (Phi) is 3.92. The van der Waals surface area contributed by atoms with Crippen molar-refractivity contribution in [1.29, 1.82) is 0 Å². The minimum absolute atomic E-state index is 0.719. The molecule has 27 heavy (non-hydrogen) atoms. The second-order valence-electron chi connectivity index (χ2n) is 6.66. The highest BCUT2D eigenvalue weighted by atomic mass is 35.5. The maximum absolute atomic E-state index is 6.25. The number of benzene rings is 4. The average molecular weight is 369 g/mol. The van der Waals surface area contributed by atoms with Crippen molar-refractivity contribution in [2.45, 2.75) is 6.54 Å². The molecule has 0 saturated heterocycles. The zero-order chi connectivity index (χ0) is 18.2. The van der Waals surface area contributed by atoms with Gasteiger partial charge in [-0.3, -0.25) is 0 Å². The van der Waals surface area contributed by atoms with Crippen molar-refractivity contribution >= 4 is 33.4 Å². The molecule has 5 aromatic rings. The van der Waals surface area contributed by atoms with Crippen LogP contribution >= 0.6 is 11.6 Å². The Labute approximate surface area is 162 Å². The number of para-hydroxylation sites is 2. The fourth-order valence-electron chi connectivity index (χ4n) is 3.68. The van der Waals surface area contributed by atoms with E-state index in [1.165, 1.54) is 16.3 Å². The van der Waals surface area contributed by atoms with Gasteiger partial charge in [-0.15, -0.1) is 0 Å². The van der Waals surface area contributed by atoms with Gasteiger partial charge in [0.05, 0.1) is 17.6 Å². The highest BCUT2D eigenvalue weighted by Gasteiger charge is 2.14. The lowest BCUT2D eigenvalue weighted by molar-refractivity contribution is 0.840. The summed E-state index contributed by atoms with van der Waals surface area (Å²) in [4.78, 5) is 4.90. The van der Waals surface area contributed by atoms with Crippen LogP contribution in [0.4, 0.5) is 0 Å². The van der Waals surface area contributed by atoms with Crippen molar-refractivity contribution in [3.8, 4) is 11.4 Å². The lowest BCUT2D eigenvalue weighted by atomic mass is 10.0. The first-order chi connectivity index (χ1) is 13.3. The van der Waals surface area contributed by atoms with Crippen molar-refractivity contribution in [2.24, 2.45) is 0 Å². The van der Waals surface area contributed by atoms with Gasteiger partial charge < -0.3 is 4.57 Å². The monoisotopic (exact) mass is 368 g/mol. The molecule has 0 saturated carbocycles. The van der Waals surface area contributed by atoms with E-state index < -0.39 is 0 Å². The van der Waals surface area contributed by atoms with Gasteiger partial charge in [-0.2, -0.15) is 0 Å². The molecule has 0 N–H and O–H groups in total. The predicted octanol–water partition coefficient (Wildman–Crippen LogP) is 6.56. The first kappa shape index (κ1) is 16.1. The van der Waals surface area contributed by atoms with Crippen molar-refractivity contribution in [3.63, 3.8) is 0 Å². The third-order valence-corrected chi connectivity index (χ3v) is 5.18. The van der Waals surface area contributed by atoms with E-state index in [2.05, 4.69) is 71.3 Å². The number of halogens is 1. The first-order valence-corrected chi connectivity index (χ1v) is 9.35. The third-order valence-electron chi connectivity index (χ3n) is 4.95. The molecule has 0 radical (unpaired) electrons. The van der Waals surface area contributed by atoms with E-state index in [9.17, 15) is 0 Å². The Hall–Kier alpha value is -3.10. The molecule has 1 heterocycles. The van der Waals surface area contributed by atoms with E-state index in [0.29, 0.717) is 0 Å². The van der Waals surface area contributed by atoms with Crippen LogP contribution in [0.15, 0.2) is 91.0 Å². The maximum atomic E-state index is 6.25. The third kappa shape index (κ3) is 2.88. The number of fused-ring (bicyclic) bond motifs is 2. The Morgan fingerprint density at radius 3 is 2.48 bits per heavy atom. The van der Waals surface area contributed by atoms with Gasteiger partial charge in [0, 0.05) is 10.6 Å². The summed E-state index contributed by atoms with van der Waals surface area (Å²) in [5.74, 6) is 0.937. The molecular formula is C24H17ClN2. The molecule has 5 rings (SSSR count). The van der Waals surface area contributed by atoms with Crippen molar-refractivity contribution < 1.29 is 0 Å². The molecule has 0 unspecified atom stereocenters. The zero-order valence-corrected chi connectivity index (χ0v) is 15.4. The number of rotatable bonds is 3. The van der Waals surface area contributed by atoms with Crippen molar-refractivity contribution in [1.82, 2.24) is 9.55 Å². The second kappa shape index (κ2) is 6.57. The van der Waals surface area contributed by atoms with Gasteiger partial charge in [-0.05, 0) is 40.6 Å². The van der Waals surface area contributed by atoms with Gasteiger partial charge in [-0.25, -0.2) is 4.98 Å². The highest BCUT2D eigenvalue weighted by Crippen LogP contribution is 2.29. The summed E-state index contributed by atoms with van der Waals surface area (Å²) in [6.07, 6.45) is 0. The molecule has 0 aliphatic rings. The van der Waals surface area contributed by atoms with Gasteiger partial charge in [0.2, 0.25) is 0 Å². The van der Waals surface area contributed by atoms with Crippen LogP contribution in [-0.2, 0) is 6.54 Å². The van der Waals surface area contributed by atoms with Crippen LogP contribution in [0.3, 0.4) is 0 Å². The van der Waals surface area contributed by atoms with Gasteiger partial charge in [0.25, 0.3) is 0 Å². The van der Waals surface area contributed by atoms with Gasteiger partial charge in [0.1, 0.15) is 5.82 Å². The molecule has 0 bridgehead atoms. The topological polar surface area (TPSA) is 17.8 Å². The van der Waals surface area contributed by atoms with E-state index in [0.717, 1.165) is 34.0 Å². The van der Waals surface area contributed by atoms with Crippen molar-refractivity contribution in [3.05, 3.63) is 102 Å². The summed E-state index contributed by atoms with van der Waals surface area (Å²) in [6.45, 7) is 0.754. The first-order valence-electron chi connectivity index (χ1n) is 8.97. The number of aromatic nitrogens is 2. The zero-order valence-electron chi connectivity index (χ0n) is 14.6. The SMILES string of the molecule is Clc1cccc(-c2nc3ccccc3n2Cc2cccc3ccccc23)c1. The van der Waals surface area contributed by atoms with E-state index in [1.807, 2.05) is 24.3 Å². The molecule has 0 aliphatic carbocycles. The summed E-state index contributed by atoms with van der Waals surface area (Å²) in [5.41, 5.74) is 4.42.